The molecule has 0 fully saturated rings. The van der Waals surface area contributed by atoms with Crippen molar-refractivity contribution in [2.75, 3.05) is 13.2 Å². The van der Waals surface area contributed by atoms with Crippen molar-refractivity contribution in [1.29, 1.82) is 0 Å². The molecule has 0 rings (SSSR count). The van der Waals surface area contributed by atoms with Gasteiger partial charge in [0, 0.05) is 0 Å². The van der Waals surface area contributed by atoms with Crippen LogP contribution in [0.15, 0.2) is 0 Å². The van der Waals surface area contributed by atoms with Gasteiger partial charge in [-0.05, 0) is 51.5 Å². The zero-order chi connectivity index (χ0) is 18.2. The summed E-state index contributed by atoms with van der Waals surface area (Å²) in [5.41, 5.74) is 5.39. The number of hydrogen-bond acceptors (Lipinski definition) is 8. The van der Waals surface area contributed by atoms with E-state index in [1.165, 1.54) is 0 Å². The average molecular weight is 348 g/mol. The highest BCUT2D eigenvalue weighted by Gasteiger charge is 2.16. The van der Waals surface area contributed by atoms with Crippen LogP contribution in [0.2, 0.25) is 0 Å². The largest absolute Gasteiger partial charge is 0.466 e. The highest BCUT2D eigenvalue weighted by atomic mass is 17.0. The maximum atomic E-state index is 11.7. The van der Waals surface area contributed by atoms with E-state index in [0.29, 0.717) is 45.1 Å². The molecule has 9 nitrogen and oxygen atoms in total. The fraction of sp³-hybridized carbons (Fsp3) is 0.867. The summed E-state index contributed by atoms with van der Waals surface area (Å²) in [6.45, 7) is 2.92. The third kappa shape index (κ3) is 12.6. The Bertz CT molecular complexity index is 366. The van der Waals surface area contributed by atoms with Crippen LogP contribution in [0.5, 0.6) is 0 Å². The number of nitrogens with two attached hydrogens (primary N) is 1. The summed E-state index contributed by atoms with van der Waals surface area (Å²) in [4.78, 5) is 36.9. The lowest BCUT2D eigenvalue weighted by molar-refractivity contribution is -0.768. The lowest BCUT2D eigenvalue weighted by Crippen LogP contribution is -2.20. The molecule has 9 heteroatoms. The van der Waals surface area contributed by atoms with Gasteiger partial charge in [-0.3, -0.25) is 9.59 Å². The van der Waals surface area contributed by atoms with Crippen LogP contribution in [-0.4, -0.2) is 42.9 Å². The SMILES string of the molecule is CCC(CCCCOC(=O)CC(CCCCN)OC=O)O[N+](=O)[O-]. The molecule has 0 radical (unpaired) electrons. The van der Waals surface area contributed by atoms with Crippen LogP contribution >= 0.6 is 0 Å². The second-order valence-corrected chi connectivity index (χ2v) is 5.42. The van der Waals surface area contributed by atoms with Crippen LogP contribution in [0, 0.1) is 10.1 Å². The molecule has 2 unspecified atom stereocenters. The fourth-order valence-electron chi connectivity index (χ4n) is 2.17. The van der Waals surface area contributed by atoms with Crippen molar-refractivity contribution in [3.05, 3.63) is 10.1 Å². The van der Waals surface area contributed by atoms with Gasteiger partial charge in [-0.1, -0.05) is 6.92 Å². The van der Waals surface area contributed by atoms with Crippen molar-refractivity contribution in [3.63, 3.8) is 0 Å². The van der Waals surface area contributed by atoms with E-state index in [4.69, 9.17) is 15.2 Å². The average Bonchev–Trinajstić information content (AvgIpc) is 2.53. The Morgan fingerprint density at radius 1 is 1.21 bits per heavy atom. The quantitative estimate of drug-likeness (QED) is 0.147. The maximum absolute atomic E-state index is 11.7. The van der Waals surface area contributed by atoms with E-state index in [1.807, 2.05) is 6.92 Å². The topological polar surface area (TPSA) is 131 Å². The van der Waals surface area contributed by atoms with E-state index < -0.39 is 23.3 Å². The van der Waals surface area contributed by atoms with Gasteiger partial charge in [-0.15, -0.1) is 10.1 Å². The zero-order valence-electron chi connectivity index (χ0n) is 14.2. The Balaban J connectivity index is 3.85. The van der Waals surface area contributed by atoms with E-state index in [0.717, 1.165) is 12.8 Å². The summed E-state index contributed by atoms with van der Waals surface area (Å²) in [6, 6.07) is 0. The number of rotatable bonds is 16. The van der Waals surface area contributed by atoms with Crippen LogP contribution in [-0.2, 0) is 23.9 Å². The number of unbranched alkanes of at least 4 members (excludes halogenated alkanes) is 2. The van der Waals surface area contributed by atoms with E-state index in [1.54, 1.807) is 0 Å². The second kappa shape index (κ2) is 14.7. The monoisotopic (exact) mass is 348 g/mol. The van der Waals surface area contributed by atoms with Gasteiger partial charge in [-0.2, -0.15) is 0 Å². The number of carbonyl (C=O) groups excluding carboxylic acids is 2. The predicted octanol–water partition coefficient (Wildman–Crippen LogP) is 1.75. The molecular formula is C15H28N2O7. The summed E-state index contributed by atoms with van der Waals surface area (Å²) in [5.74, 6) is -0.428. The third-order valence-corrected chi connectivity index (χ3v) is 3.50. The van der Waals surface area contributed by atoms with Crippen LogP contribution in [0.3, 0.4) is 0 Å². The first-order valence-corrected chi connectivity index (χ1v) is 8.29. The van der Waals surface area contributed by atoms with Gasteiger partial charge < -0.3 is 20.0 Å². The molecule has 0 spiro atoms. The molecule has 24 heavy (non-hydrogen) atoms. The summed E-state index contributed by atoms with van der Waals surface area (Å²) < 4.78 is 9.95. The first kappa shape index (κ1) is 22.1. The second-order valence-electron chi connectivity index (χ2n) is 5.42. The number of hydrogen-bond donors (Lipinski definition) is 1. The Morgan fingerprint density at radius 2 is 1.88 bits per heavy atom. The first-order valence-electron chi connectivity index (χ1n) is 8.29. The molecule has 140 valence electrons. The van der Waals surface area contributed by atoms with Crippen molar-refractivity contribution in [1.82, 2.24) is 0 Å². The van der Waals surface area contributed by atoms with E-state index in [9.17, 15) is 19.7 Å². The molecule has 0 aliphatic rings. The molecule has 0 aliphatic carbocycles. The molecule has 0 amide bonds. The number of carbonyl (C=O) groups is 2. The zero-order valence-corrected chi connectivity index (χ0v) is 14.2. The van der Waals surface area contributed by atoms with E-state index in [2.05, 4.69) is 4.84 Å². The summed E-state index contributed by atoms with van der Waals surface area (Å²) in [5, 5.41) is 9.48. The Labute approximate surface area is 141 Å². The maximum Gasteiger partial charge on any atom is 0.309 e. The highest BCUT2D eigenvalue weighted by molar-refractivity contribution is 5.70. The highest BCUT2D eigenvalue weighted by Crippen LogP contribution is 2.11. The Hall–Kier alpha value is -1.90. The molecule has 0 saturated heterocycles. The predicted molar refractivity (Wildman–Crippen MR) is 85.4 cm³/mol. The summed E-state index contributed by atoms with van der Waals surface area (Å²) >= 11 is 0. The summed E-state index contributed by atoms with van der Waals surface area (Å²) in [6.07, 6.45) is 3.59. The molecular weight excluding hydrogens is 320 g/mol. The third-order valence-electron chi connectivity index (χ3n) is 3.50. The molecule has 0 bridgehead atoms. The van der Waals surface area contributed by atoms with Crippen molar-refractivity contribution in [2.24, 2.45) is 5.73 Å². The van der Waals surface area contributed by atoms with Gasteiger partial charge in [0.05, 0.1) is 13.0 Å². The Morgan fingerprint density at radius 3 is 2.46 bits per heavy atom. The standard InChI is InChI=1S/C15H28N2O7/c1-2-13(24-17(20)21)7-4-6-10-22-15(19)11-14(23-12-18)8-3-5-9-16/h12-14H,2-11,16H2,1H3. The normalized spacial score (nSPS) is 12.9. The molecule has 2 atom stereocenters. The number of nitrogens with zero attached hydrogens (tertiary/aromatic N) is 1. The van der Waals surface area contributed by atoms with Gasteiger partial charge in [0.25, 0.3) is 11.6 Å². The van der Waals surface area contributed by atoms with Crippen molar-refractivity contribution in [2.45, 2.75) is 70.5 Å². The minimum absolute atomic E-state index is 0.0192. The smallest absolute Gasteiger partial charge is 0.309 e. The van der Waals surface area contributed by atoms with Crippen molar-refractivity contribution < 1.29 is 29.0 Å². The van der Waals surface area contributed by atoms with Gasteiger partial charge in [0.15, 0.2) is 0 Å². The van der Waals surface area contributed by atoms with Gasteiger partial charge in [0.2, 0.25) is 0 Å². The van der Waals surface area contributed by atoms with Crippen LogP contribution < -0.4 is 5.73 Å². The van der Waals surface area contributed by atoms with Crippen LogP contribution in [0.25, 0.3) is 0 Å². The number of ether oxygens (including phenoxy) is 2. The van der Waals surface area contributed by atoms with E-state index >= 15 is 0 Å². The minimum Gasteiger partial charge on any atom is -0.466 e. The molecule has 0 heterocycles. The first-order chi connectivity index (χ1) is 11.5. The fourth-order valence-corrected chi connectivity index (χ4v) is 2.17. The molecule has 2 N–H and O–H groups in total. The minimum atomic E-state index is -0.786. The van der Waals surface area contributed by atoms with Gasteiger partial charge in [0.1, 0.15) is 12.2 Å². The molecule has 0 aromatic heterocycles. The molecule has 0 saturated carbocycles. The van der Waals surface area contributed by atoms with E-state index in [-0.39, 0.29) is 13.0 Å². The molecule has 0 aromatic carbocycles. The van der Waals surface area contributed by atoms with Crippen LogP contribution in [0.1, 0.15) is 58.3 Å². The summed E-state index contributed by atoms with van der Waals surface area (Å²) in [7, 11) is 0. The van der Waals surface area contributed by atoms with Crippen molar-refractivity contribution in [3.8, 4) is 0 Å². The van der Waals surface area contributed by atoms with Gasteiger partial charge in [-0.25, -0.2) is 0 Å². The van der Waals surface area contributed by atoms with Gasteiger partial charge >= 0.3 is 5.97 Å². The molecule has 0 aromatic rings. The number of esters is 1. The molecule has 0 aliphatic heterocycles. The lowest BCUT2D eigenvalue weighted by atomic mass is 10.1. The Kier molecular flexibility index (Phi) is 13.5. The van der Waals surface area contributed by atoms with Crippen molar-refractivity contribution >= 4 is 12.4 Å². The lowest BCUT2D eigenvalue weighted by Gasteiger charge is -2.15. The van der Waals surface area contributed by atoms with Crippen LogP contribution in [0.4, 0.5) is 0 Å².